The largest absolute Gasteiger partial charge is 0.309 e. The Kier molecular flexibility index (Phi) is 1.76. The van der Waals surface area contributed by atoms with Crippen molar-refractivity contribution in [3.8, 4) is 0 Å². The Morgan fingerprint density at radius 2 is 1.93 bits per heavy atom. The number of hydrogen-bond donors (Lipinski definition) is 1. The van der Waals surface area contributed by atoms with Crippen molar-refractivity contribution in [1.29, 1.82) is 0 Å². The molecular weight excluding hydrogens is 194 g/mol. The Bertz CT molecular complexity index is 505. The summed E-state index contributed by atoms with van der Waals surface area (Å²) in [7, 11) is 0. The maximum Gasteiger partial charge on any atom is 0.0415 e. The Morgan fingerprint density at radius 1 is 1.07 bits per heavy atom. The smallest absolute Gasteiger partial charge is 0.0415 e. The minimum absolute atomic E-state index is 0.827. The van der Waals surface area contributed by atoms with E-state index in [1.54, 1.807) is 0 Å². The van der Waals surface area contributed by atoms with Gasteiger partial charge in [-0.25, -0.2) is 0 Å². The lowest BCUT2D eigenvalue weighted by molar-refractivity contribution is 0.683. The Morgan fingerprint density at radius 3 is 2.86 bits per heavy atom. The summed E-state index contributed by atoms with van der Waals surface area (Å²) in [5.41, 5.74) is 2.69. The SMILES string of the molecule is Clc1cc2c3c(cccc3c1)CNC2. The third-order valence-corrected chi connectivity index (χ3v) is 2.96. The van der Waals surface area contributed by atoms with Crippen LogP contribution in [0.5, 0.6) is 0 Å². The molecule has 1 aliphatic rings. The van der Waals surface area contributed by atoms with Crippen LogP contribution in [0.25, 0.3) is 10.8 Å². The van der Waals surface area contributed by atoms with Crippen molar-refractivity contribution >= 4 is 22.4 Å². The molecule has 0 saturated carbocycles. The first-order valence-corrected chi connectivity index (χ1v) is 5.13. The van der Waals surface area contributed by atoms with E-state index >= 15 is 0 Å². The summed E-state index contributed by atoms with van der Waals surface area (Å²) in [5, 5.41) is 6.84. The van der Waals surface area contributed by atoms with Crippen molar-refractivity contribution in [3.63, 3.8) is 0 Å². The van der Waals surface area contributed by atoms with Crippen molar-refractivity contribution in [1.82, 2.24) is 5.32 Å². The normalized spacial score (nSPS) is 14.6. The molecule has 0 fully saturated rings. The lowest BCUT2D eigenvalue weighted by atomic mass is 9.96. The van der Waals surface area contributed by atoms with Crippen LogP contribution in [0.1, 0.15) is 11.1 Å². The lowest BCUT2D eigenvalue weighted by Gasteiger charge is -2.18. The number of halogens is 1. The van der Waals surface area contributed by atoms with Gasteiger partial charge in [0.1, 0.15) is 0 Å². The van der Waals surface area contributed by atoms with E-state index < -0.39 is 0 Å². The summed E-state index contributed by atoms with van der Waals surface area (Å²) < 4.78 is 0. The molecular formula is C12H10ClN. The average Bonchev–Trinajstić information content (AvgIpc) is 2.18. The molecule has 0 atom stereocenters. The highest BCUT2D eigenvalue weighted by Crippen LogP contribution is 2.29. The van der Waals surface area contributed by atoms with Crippen LogP contribution in [-0.2, 0) is 13.1 Å². The molecule has 3 rings (SSSR count). The molecule has 1 aliphatic heterocycles. The summed E-state index contributed by atoms with van der Waals surface area (Å²) in [6, 6.07) is 10.5. The van der Waals surface area contributed by atoms with Crippen molar-refractivity contribution in [3.05, 3.63) is 46.5 Å². The van der Waals surface area contributed by atoms with Crippen molar-refractivity contribution in [2.24, 2.45) is 0 Å². The topological polar surface area (TPSA) is 12.0 Å². The van der Waals surface area contributed by atoms with Crippen LogP contribution in [0.2, 0.25) is 5.02 Å². The predicted molar refractivity (Wildman–Crippen MR) is 59.5 cm³/mol. The predicted octanol–water partition coefficient (Wildman–Crippen LogP) is 3.10. The van der Waals surface area contributed by atoms with E-state index in [1.807, 2.05) is 6.07 Å². The molecule has 0 radical (unpaired) electrons. The van der Waals surface area contributed by atoms with E-state index in [2.05, 4.69) is 29.6 Å². The molecule has 0 aliphatic carbocycles. The number of rotatable bonds is 0. The van der Waals surface area contributed by atoms with Gasteiger partial charge in [-0.1, -0.05) is 29.8 Å². The zero-order chi connectivity index (χ0) is 9.54. The summed E-state index contributed by atoms with van der Waals surface area (Å²) >= 11 is 6.05. The highest BCUT2D eigenvalue weighted by molar-refractivity contribution is 6.31. The van der Waals surface area contributed by atoms with Crippen molar-refractivity contribution in [2.45, 2.75) is 13.1 Å². The molecule has 14 heavy (non-hydrogen) atoms. The summed E-state index contributed by atoms with van der Waals surface area (Å²) in [6.45, 7) is 1.89. The Balaban J connectivity index is 2.48. The van der Waals surface area contributed by atoms with Crippen LogP contribution >= 0.6 is 11.6 Å². The molecule has 0 spiro atoms. The molecule has 0 aromatic heterocycles. The maximum absolute atomic E-state index is 6.05. The number of hydrogen-bond acceptors (Lipinski definition) is 1. The first kappa shape index (κ1) is 8.27. The van der Waals surface area contributed by atoms with Gasteiger partial charge in [-0.2, -0.15) is 0 Å². The first-order chi connectivity index (χ1) is 6.84. The van der Waals surface area contributed by atoms with Crippen molar-refractivity contribution < 1.29 is 0 Å². The maximum atomic E-state index is 6.05. The van der Waals surface area contributed by atoms with E-state index in [1.165, 1.54) is 21.9 Å². The minimum Gasteiger partial charge on any atom is -0.309 e. The molecule has 70 valence electrons. The molecule has 1 heterocycles. The third kappa shape index (κ3) is 1.13. The van der Waals surface area contributed by atoms with E-state index in [4.69, 9.17) is 11.6 Å². The Hall–Kier alpha value is -1.05. The highest BCUT2D eigenvalue weighted by atomic mass is 35.5. The molecule has 2 heteroatoms. The second-order valence-corrected chi connectivity index (χ2v) is 4.12. The zero-order valence-corrected chi connectivity index (χ0v) is 8.43. The number of benzene rings is 2. The number of nitrogens with one attached hydrogen (secondary N) is 1. The van der Waals surface area contributed by atoms with Gasteiger partial charge in [0.15, 0.2) is 0 Å². The van der Waals surface area contributed by atoms with Crippen molar-refractivity contribution in [2.75, 3.05) is 0 Å². The molecule has 1 N–H and O–H groups in total. The van der Waals surface area contributed by atoms with Gasteiger partial charge >= 0.3 is 0 Å². The van der Waals surface area contributed by atoms with Crippen LogP contribution in [0.3, 0.4) is 0 Å². The highest BCUT2D eigenvalue weighted by Gasteiger charge is 2.11. The van der Waals surface area contributed by atoms with Crippen LogP contribution in [0.15, 0.2) is 30.3 Å². The van der Waals surface area contributed by atoms with E-state index in [-0.39, 0.29) is 0 Å². The third-order valence-electron chi connectivity index (χ3n) is 2.74. The zero-order valence-electron chi connectivity index (χ0n) is 7.68. The first-order valence-electron chi connectivity index (χ1n) is 4.75. The van der Waals surface area contributed by atoms with Crippen LogP contribution in [0, 0.1) is 0 Å². The monoisotopic (exact) mass is 203 g/mol. The van der Waals surface area contributed by atoms with Crippen LogP contribution in [0.4, 0.5) is 0 Å². The lowest BCUT2D eigenvalue weighted by Crippen LogP contribution is -2.18. The minimum atomic E-state index is 0.827. The summed E-state index contributed by atoms with van der Waals surface area (Å²) in [5.74, 6) is 0. The summed E-state index contributed by atoms with van der Waals surface area (Å²) in [6.07, 6.45) is 0. The van der Waals surface area contributed by atoms with Gasteiger partial charge in [-0.05, 0) is 34.0 Å². The van der Waals surface area contributed by atoms with E-state index in [0.29, 0.717) is 0 Å². The summed E-state index contributed by atoms with van der Waals surface area (Å²) in [4.78, 5) is 0. The van der Waals surface area contributed by atoms with E-state index in [0.717, 1.165) is 18.1 Å². The fourth-order valence-electron chi connectivity index (χ4n) is 2.18. The average molecular weight is 204 g/mol. The molecule has 0 bridgehead atoms. The van der Waals surface area contributed by atoms with Gasteiger partial charge in [-0.3, -0.25) is 0 Å². The van der Waals surface area contributed by atoms with Gasteiger partial charge in [0.05, 0.1) is 0 Å². The van der Waals surface area contributed by atoms with Gasteiger partial charge in [0.2, 0.25) is 0 Å². The van der Waals surface area contributed by atoms with Gasteiger partial charge in [0.25, 0.3) is 0 Å². The van der Waals surface area contributed by atoms with E-state index in [9.17, 15) is 0 Å². The molecule has 2 aromatic carbocycles. The fourth-order valence-corrected chi connectivity index (χ4v) is 2.43. The quantitative estimate of drug-likeness (QED) is 0.694. The van der Waals surface area contributed by atoms with Gasteiger partial charge < -0.3 is 5.32 Å². The standard InChI is InChI=1S/C12H10ClN/c13-11-4-8-2-1-3-9-6-14-7-10(5-11)12(8)9/h1-5,14H,6-7H2. The van der Waals surface area contributed by atoms with Gasteiger partial charge in [0, 0.05) is 18.1 Å². The second-order valence-electron chi connectivity index (χ2n) is 3.68. The fraction of sp³-hybridized carbons (Fsp3) is 0.167. The van der Waals surface area contributed by atoms with Gasteiger partial charge in [-0.15, -0.1) is 0 Å². The molecule has 0 unspecified atom stereocenters. The van der Waals surface area contributed by atoms with Crippen LogP contribution in [-0.4, -0.2) is 0 Å². The second kappa shape index (κ2) is 2.97. The molecule has 1 nitrogen and oxygen atoms in total. The Labute approximate surface area is 87.7 Å². The molecule has 0 saturated heterocycles. The van der Waals surface area contributed by atoms with Crippen LogP contribution < -0.4 is 5.32 Å². The molecule has 0 amide bonds. The molecule has 2 aromatic rings.